The summed E-state index contributed by atoms with van der Waals surface area (Å²) in [5.41, 5.74) is 1.61. The van der Waals surface area contributed by atoms with Crippen molar-refractivity contribution in [1.29, 1.82) is 0 Å². The van der Waals surface area contributed by atoms with E-state index in [9.17, 15) is 4.79 Å². The van der Waals surface area contributed by atoms with Crippen molar-refractivity contribution >= 4 is 11.6 Å². The summed E-state index contributed by atoms with van der Waals surface area (Å²) >= 11 is 0. The van der Waals surface area contributed by atoms with E-state index >= 15 is 0 Å². The number of carbonyl (C=O) groups is 1. The van der Waals surface area contributed by atoms with Crippen LogP contribution in [0.1, 0.15) is 26.0 Å². The molecule has 0 aliphatic carbocycles. The molecule has 2 heterocycles. The number of anilines is 1. The van der Waals surface area contributed by atoms with Gasteiger partial charge in [-0.05, 0) is 32.4 Å². The van der Waals surface area contributed by atoms with Crippen LogP contribution in [0.5, 0.6) is 5.88 Å². The molecule has 19 heavy (non-hydrogen) atoms. The van der Waals surface area contributed by atoms with Crippen molar-refractivity contribution in [3.63, 3.8) is 0 Å². The average Bonchev–Trinajstić information content (AvgIpc) is 2.43. The summed E-state index contributed by atoms with van der Waals surface area (Å²) in [5.74, 6) is 0.485. The summed E-state index contributed by atoms with van der Waals surface area (Å²) in [5, 5.41) is 0. The van der Waals surface area contributed by atoms with Crippen molar-refractivity contribution in [2.24, 2.45) is 0 Å². The Morgan fingerprint density at radius 3 is 3.11 bits per heavy atom. The number of carbonyl (C=O) groups excluding carboxylic acids is 1. The molecule has 0 N–H and O–H groups in total. The van der Waals surface area contributed by atoms with Gasteiger partial charge in [-0.1, -0.05) is 6.92 Å². The predicted octanol–water partition coefficient (Wildman–Crippen LogP) is 1.93. The fourth-order valence-electron chi connectivity index (χ4n) is 1.86. The second kappa shape index (κ2) is 6.02. The van der Waals surface area contributed by atoms with Crippen molar-refractivity contribution < 1.29 is 14.3 Å². The van der Waals surface area contributed by atoms with E-state index in [1.807, 2.05) is 32.9 Å². The molecule has 1 aromatic heterocycles. The summed E-state index contributed by atoms with van der Waals surface area (Å²) in [4.78, 5) is 18.2. The molecule has 104 valence electrons. The molecule has 0 aromatic carbocycles. The van der Waals surface area contributed by atoms with Gasteiger partial charge in [0.25, 0.3) is 5.91 Å². The summed E-state index contributed by atoms with van der Waals surface area (Å²) < 4.78 is 11.0. The van der Waals surface area contributed by atoms with Crippen molar-refractivity contribution in [1.82, 2.24) is 4.98 Å². The minimum Gasteiger partial charge on any atom is -0.474 e. The van der Waals surface area contributed by atoms with Crippen molar-refractivity contribution in [3.05, 3.63) is 17.8 Å². The van der Waals surface area contributed by atoms with E-state index in [1.54, 1.807) is 4.90 Å². The van der Waals surface area contributed by atoms with E-state index in [0.717, 1.165) is 17.8 Å². The number of pyridine rings is 1. The monoisotopic (exact) mass is 264 g/mol. The predicted molar refractivity (Wildman–Crippen MR) is 72.5 cm³/mol. The summed E-state index contributed by atoms with van der Waals surface area (Å²) in [7, 11) is 0. The summed E-state index contributed by atoms with van der Waals surface area (Å²) in [6.45, 7) is 7.01. The van der Waals surface area contributed by atoms with Crippen molar-refractivity contribution in [3.8, 4) is 5.88 Å². The Kier molecular flexibility index (Phi) is 4.37. The average molecular weight is 264 g/mol. The SMILES string of the molecule is CCC(C)OCC(=O)N1CCOc2nc(C)ccc21. The normalized spacial score (nSPS) is 15.6. The Morgan fingerprint density at radius 2 is 2.37 bits per heavy atom. The number of ether oxygens (including phenoxy) is 2. The Labute approximate surface area is 113 Å². The van der Waals surface area contributed by atoms with E-state index < -0.39 is 0 Å². The molecular formula is C14H20N2O3. The lowest BCUT2D eigenvalue weighted by Crippen LogP contribution is -2.40. The fraction of sp³-hybridized carbons (Fsp3) is 0.571. The van der Waals surface area contributed by atoms with Crippen LogP contribution >= 0.6 is 0 Å². The highest BCUT2D eigenvalue weighted by atomic mass is 16.5. The third-order valence-corrected chi connectivity index (χ3v) is 3.19. The number of fused-ring (bicyclic) bond motifs is 1. The summed E-state index contributed by atoms with van der Waals surface area (Å²) in [6, 6.07) is 3.75. The zero-order chi connectivity index (χ0) is 13.8. The number of rotatable bonds is 4. The van der Waals surface area contributed by atoms with Gasteiger partial charge < -0.3 is 14.4 Å². The molecule has 0 spiro atoms. The van der Waals surface area contributed by atoms with E-state index in [4.69, 9.17) is 9.47 Å². The van der Waals surface area contributed by atoms with Gasteiger partial charge in [-0.3, -0.25) is 4.79 Å². The number of nitrogens with zero attached hydrogens (tertiary/aromatic N) is 2. The molecule has 1 unspecified atom stereocenters. The second-order valence-electron chi connectivity index (χ2n) is 4.70. The molecule has 1 atom stereocenters. The van der Waals surface area contributed by atoms with Gasteiger partial charge in [0.2, 0.25) is 5.88 Å². The fourth-order valence-corrected chi connectivity index (χ4v) is 1.86. The molecule has 0 saturated heterocycles. The number of amides is 1. The molecule has 0 fully saturated rings. The topological polar surface area (TPSA) is 51.7 Å². The van der Waals surface area contributed by atoms with Crippen LogP contribution in [0, 0.1) is 6.92 Å². The third-order valence-electron chi connectivity index (χ3n) is 3.19. The molecule has 2 rings (SSSR count). The van der Waals surface area contributed by atoms with E-state index in [0.29, 0.717) is 19.0 Å². The maximum absolute atomic E-state index is 12.2. The molecule has 0 radical (unpaired) electrons. The van der Waals surface area contributed by atoms with Crippen LogP contribution in [0.4, 0.5) is 5.69 Å². The molecule has 5 heteroatoms. The van der Waals surface area contributed by atoms with Crippen molar-refractivity contribution in [2.45, 2.75) is 33.3 Å². The molecule has 1 amide bonds. The van der Waals surface area contributed by atoms with Gasteiger partial charge in [-0.2, -0.15) is 0 Å². The van der Waals surface area contributed by atoms with Gasteiger partial charge in [-0.25, -0.2) is 4.98 Å². The lowest BCUT2D eigenvalue weighted by molar-refractivity contribution is -0.125. The first-order valence-corrected chi connectivity index (χ1v) is 6.64. The number of hydrogen-bond acceptors (Lipinski definition) is 4. The maximum Gasteiger partial charge on any atom is 0.253 e. The largest absolute Gasteiger partial charge is 0.474 e. The van der Waals surface area contributed by atoms with Crippen LogP contribution in [0.3, 0.4) is 0 Å². The molecule has 0 bridgehead atoms. The highest BCUT2D eigenvalue weighted by Crippen LogP contribution is 2.29. The van der Waals surface area contributed by atoms with Crippen LogP contribution in [0.15, 0.2) is 12.1 Å². The molecule has 1 aromatic rings. The van der Waals surface area contributed by atoms with Crippen molar-refractivity contribution in [2.75, 3.05) is 24.7 Å². The zero-order valence-electron chi connectivity index (χ0n) is 11.7. The first-order chi connectivity index (χ1) is 9.11. The first kappa shape index (κ1) is 13.8. The minimum atomic E-state index is -0.0458. The maximum atomic E-state index is 12.2. The Balaban J connectivity index is 2.08. The standard InChI is InChI=1S/C14H20N2O3/c1-4-11(3)19-9-13(17)16-7-8-18-14-12(16)6-5-10(2)15-14/h5-6,11H,4,7-9H2,1-3H3. The molecular weight excluding hydrogens is 244 g/mol. The lowest BCUT2D eigenvalue weighted by atomic mass is 10.2. The Morgan fingerprint density at radius 1 is 1.58 bits per heavy atom. The van der Waals surface area contributed by atoms with Gasteiger partial charge in [0.1, 0.15) is 18.9 Å². The molecule has 0 saturated carbocycles. The number of aryl methyl sites for hydroxylation is 1. The quantitative estimate of drug-likeness (QED) is 0.834. The summed E-state index contributed by atoms with van der Waals surface area (Å²) in [6.07, 6.45) is 0.994. The second-order valence-corrected chi connectivity index (χ2v) is 4.70. The highest BCUT2D eigenvalue weighted by molar-refractivity contribution is 5.95. The Bertz CT molecular complexity index is 462. The molecule has 1 aliphatic heterocycles. The van der Waals surface area contributed by atoms with Crippen LogP contribution in [0.25, 0.3) is 0 Å². The number of hydrogen-bond donors (Lipinski definition) is 0. The lowest BCUT2D eigenvalue weighted by Gasteiger charge is -2.29. The first-order valence-electron chi connectivity index (χ1n) is 6.64. The van der Waals surface area contributed by atoms with Gasteiger partial charge >= 0.3 is 0 Å². The van der Waals surface area contributed by atoms with Crippen LogP contribution in [0.2, 0.25) is 0 Å². The molecule has 1 aliphatic rings. The van der Waals surface area contributed by atoms with Crippen LogP contribution in [-0.4, -0.2) is 36.8 Å². The Hall–Kier alpha value is -1.62. The third kappa shape index (κ3) is 3.23. The smallest absolute Gasteiger partial charge is 0.253 e. The van der Waals surface area contributed by atoms with Crippen LogP contribution in [-0.2, 0) is 9.53 Å². The van der Waals surface area contributed by atoms with Gasteiger partial charge in [0, 0.05) is 5.69 Å². The van der Waals surface area contributed by atoms with Crippen LogP contribution < -0.4 is 9.64 Å². The minimum absolute atomic E-state index is 0.0458. The van der Waals surface area contributed by atoms with Gasteiger partial charge in [0.15, 0.2) is 0 Å². The van der Waals surface area contributed by atoms with Gasteiger partial charge in [-0.15, -0.1) is 0 Å². The molecule has 5 nitrogen and oxygen atoms in total. The van der Waals surface area contributed by atoms with Gasteiger partial charge in [0.05, 0.1) is 12.6 Å². The zero-order valence-corrected chi connectivity index (χ0v) is 11.7. The van der Waals surface area contributed by atoms with E-state index in [2.05, 4.69) is 4.98 Å². The highest BCUT2D eigenvalue weighted by Gasteiger charge is 2.25. The number of aromatic nitrogens is 1. The van der Waals surface area contributed by atoms with E-state index in [-0.39, 0.29) is 18.6 Å². The van der Waals surface area contributed by atoms with E-state index in [1.165, 1.54) is 0 Å².